The van der Waals surface area contributed by atoms with E-state index in [1.807, 2.05) is 0 Å². The van der Waals surface area contributed by atoms with Crippen LogP contribution in [0.1, 0.15) is 48.3 Å². The highest BCUT2D eigenvalue weighted by Crippen LogP contribution is 2.31. The molecule has 0 unspecified atom stereocenters. The Morgan fingerprint density at radius 1 is 1.19 bits per heavy atom. The van der Waals surface area contributed by atoms with Gasteiger partial charge in [-0.3, -0.25) is 4.79 Å². The molecule has 1 amide bonds. The summed E-state index contributed by atoms with van der Waals surface area (Å²) in [7, 11) is 0. The summed E-state index contributed by atoms with van der Waals surface area (Å²) in [6, 6.07) is 3.54. The number of rotatable bonds is 7. The van der Waals surface area contributed by atoms with Crippen molar-refractivity contribution in [3.63, 3.8) is 0 Å². The number of nitrogens with zero attached hydrogens (tertiary/aromatic N) is 3. The van der Waals surface area contributed by atoms with Crippen molar-refractivity contribution in [2.24, 2.45) is 0 Å². The third kappa shape index (κ3) is 4.21. The topological polar surface area (TPSA) is 118 Å². The summed E-state index contributed by atoms with van der Waals surface area (Å²) < 4.78 is 25.9. The third-order valence-corrected chi connectivity index (χ3v) is 4.23. The van der Waals surface area contributed by atoms with Crippen molar-refractivity contribution >= 4 is 29.0 Å². The number of halogens is 2. The van der Waals surface area contributed by atoms with Crippen LogP contribution in [0.15, 0.2) is 18.3 Å². The maximum absolute atomic E-state index is 12.9. The minimum Gasteiger partial charge on any atom is -0.384 e. The van der Waals surface area contributed by atoms with Gasteiger partial charge in [0.1, 0.15) is 23.0 Å². The van der Waals surface area contributed by atoms with Gasteiger partial charge in [-0.25, -0.2) is 23.7 Å². The van der Waals surface area contributed by atoms with Crippen LogP contribution in [0.3, 0.4) is 0 Å². The molecule has 0 radical (unpaired) electrons. The quantitative estimate of drug-likeness (QED) is 0.587. The van der Waals surface area contributed by atoms with Gasteiger partial charge in [0.25, 0.3) is 12.3 Å². The summed E-state index contributed by atoms with van der Waals surface area (Å²) in [5.41, 5.74) is 6.56. The third-order valence-electron chi connectivity index (χ3n) is 4.23. The largest absolute Gasteiger partial charge is 0.384 e. The number of nitrogens with two attached hydrogens (primary N) is 1. The summed E-state index contributed by atoms with van der Waals surface area (Å²) in [5, 5.41) is 9.08. The number of pyridine rings is 1. The van der Waals surface area contributed by atoms with E-state index in [0.29, 0.717) is 17.3 Å². The second kappa shape index (κ2) is 6.93. The number of carbonyl (C=O) groups excluding carboxylic acids is 1. The number of hydrogen-bond donors (Lipinski definition) is 4. The Balaban J connectivity index is 1.67. The van der Waals surface area contributed by atoms with Gasteiger partial charge in [0.15, 0.2) is 5.82 Å². The zero-order chi connectivity index (χ0) is 19.0. The van der Waals surface area contributed by atoms with E-state index in [9.17, 15) is 13.6 Å². The monoisotopic (exact) mass is 375 g/mol. The lowest BCUT2D eigenvalue weighted by atomic mass is 10.2. The molecule has 0 atom stereocenters. The van der Waals surface area contributed by atoms with Crippen molar-refractivity contribution in [2.45, 2.75) is 44.2 Å². The number of hydrogen-bond acceptors (Lipinski definition) is 7. The van der Waals surface area contributed by atoms with E-state index in [1.54, 1.807) is 12.3 Å². The summed E-state index contributed by atoms with van der Waals surface area (Å²) in [4.78, 5) is 24.2. The van der Waals surface area contributed by atoms with Crippen molar-refractivity contribution in [2.75, 3.05) is 16.4 Å². The van der Waals surface area contributed by atoms with Crippen LogP contribution >= 0.6 is 0 Å². The van der Waals surface area contributed by atoms with Gasteiger partial charge in [-0.1, -0.05) is 0 Å². The molecule has 2 aromatic heterocycles. The van der Waals surface area contributed by atoms with Crippen LogP contribution in [0, 0.1) is 0 Å². The molecule has 2 saturated carbocycles. The molecule has 2 aliphatic rings. The Morgan fingerprint density at radius 2 is 1.93 bits per heavy atom. The molecule has 10 heteroatoms. The second-order valence-electron chi connectivity index (χ2n) is 6.71. The lowest BCUT2D eigenvalue weighted by Gasteiger charge is -2.16. The molecule has 27 heavy (non-hydrogen) atoms. The van der Waals surface area contributed by atoms with Gasteiger partial charge in [-0.15, -0.1) is 0 Å². The number of alkyl halides is 2. The van der Waals surface area contributed by atoms with Crippen LogP contribution in [0.2, 0.25) is 0 Å². The van der Waals surface area contributed by atoms with Crippen LogP contribution in [-0.2, 0) is 0 Å². The smallest absolute Gasteiger partial charge is 0.297 e. The van der Waals surface area contributed by atoms with Gasteiger partial charge in [0.05, 0.1) is 5.69 Å². The van der Waals surface area contributed by atoms with Crippen molar-refractivity contribution in [3.05, 3.63) is 29.7 Å². The number of nitrogen functional groups attached to an aromatic ring is 1. The fourth-order valence-corrected chi connectivity index (χ4v) is 2.61. The predicted octanol–water partition coefficient (Wildman–Crippen LogP) is 2.60. The van der Waals surface area contributed by atoms with Gasteiger partial charge >= 0.3 is 0 Å². The van der Waals surface area contributed by atoms with E-state index in [-0.39, 0.29) is 29.4 Å². The summed E-state index contributed by atoms with van der Waals surface area (Å²) in [6.07, 6.45) is 2.65. The van der Waals surface area contributed by atoms with Crippen LogP contribution in [0.25, 0.3) is 0 Å². The fraction of sp³-hybridized carbons (Fsp3) is 0.412. The van der Waals surface area contributed by atoms with Gasteiger partial charge < -0.3 is 21.7 Å². The lowest BCUT2D eigenvalue weighted by Crippen LogP contribution is -2.27. The molecular formula is C17H19F2N7O. The minimum absolute atomic E-state index is 0.0503. The minimum atomic E-state index is -2.86. The number of carbonyl (C=O) groups is 1. The lowest BCUT2D eigenvalue weighted by molar-refractivity contribution is 0.0952. The molecule has 8 nitrogen and oxygen atoms in total. The molecule has 142 valence electrons. The molecule has 0 saturated heterocycles. The normalized spacial score (nSPS) is 16.3. The Bertz CT molecular complexity index is 868. The van der Waals surface area contributed by atoms with Crippen molar-refractivity contribution in [1.82, 2.24) is 20.3 Å². The van der Waals surface area contributed by atoms with E-state index < -0.39 is 12.2 Å². The molecule has 2 fully saturated rings. The van der Waals surface area contributed by atoms with Crippen molar-refractivity contribution in [3.8, 4) is 0 Å². The number of anilines is 4. The first-order chi connectivity index (χ1) is 13.0. The first-order valence-corrected chi connectivity index (χ1v) is 8.75. The van der Waals surface area contributed by atoms with Gasteiger partial charge in [-0.05, 0) is 31.7 Å². The van der Waals surface area contributed by atoms with Gasteiger partial charge in [0, 0.05) is 24.3 Å². The summed E-state index contributed by atoms with van der Waals surface area (Å²) in [6.45, 7) is 0. The molecular weight excluding hydrogens is 356 g/mol. The molecule has 2 aromatic rings. The first kappa shape index (κ1) is 17.4. The highest BCUT2D eigenvalue weighted by atomic mass is 19.3. The number of nitrogens with one attached hydrogen (secondary N) is 3. The van der Waals surface area contributed by atoms with E-state index >= 15 is 0 Å². The maximum atomic E-state index is 12.9. The van der Waals surface area contributed by atoms with Crippen LogP contribution in [-0.4, -0.2) is 32.9 Å². The first-order valence-electron chi connectivity index (χ1n) is 8.75. The average molecular weight is 375 g/mol. The number of amides is 1. The van der Waals surface area contributed by atoms with Crippen LogP contribution in [0.5, 0.6) is 0 Å². The summed E-state index contributed by atoms with van der Waals surface area (Å²) in [5.74, 6) is -0.786. The zero-order valence-corrected chi connectivity index (χ0v) is 14.4. The standard InChI is InChI=1S/C17H19F2N7O/c18-14(19)16-24-11(20)7-12(26-16)25-15-13(17(27)23-9-3-4-9)10(5-6-21-15)22-8-1-2-8/h5-9,14H,1-4H2,(H,23,27)(H4,20,21,22,24,25,26). The van der Waals surface area contributed by atoms with E-state index in [4.69, 9.17) is 5.73 Å². The highest BCUT2D eigenvalue weighted by molar-refractivity contribution is 6.04. The van der Waals surface area contributed by atoms with Crippen molar-refractivity contribution < 1.29 is 13.6 Å². The molecule has 2 heterocycles. The van der Waals surface area contributed by atoms with E-state index in [2.05, 4.69) is 30.9 Å². The molecule has 5 N–H and O–H groups in total. The van der Waals surface area contributed by atoms with Crippen molar-refractivity contribution in [1.29, 1.82) is 0 Å². The maximum Gasteiger partial charge on any atom is 0.297 e. The molecule has 4 rings (SSSR count). The van der Waals surface area contributed by atoms with E-state index in [1.165, 1.54) is 6.07 Å². The molecule has 0 aliphatic heterocycles. The van der Waals surface area contributed by atoms with Gasteiger partial charge in [0.2, 0.25) is 0 Å². The Morgan fingerprint density at radius 3 is 2.59 bits per heavy atom. The SMILES string of the molecule is Nc1cc(Nc2nccc(NC3CC3)c2C(=O)NC2CC2)nc(C(F)F)n1. The Kier molecular flexibility index (Phi) is 4.46. The molecule has 0 spiro atoms. The van der Waals surface area contributed by atoms with Crippen LogP contribution in [0.4, 0.5) is 31.9 Å². The fourth-order valence-electron chi connectivity index (χ4n) is 2.61. The van der Waals surface area contributed by atoms with Gasteiger partial charge in [-0.2, -0.15) is 0 Å². The van der Waals surface area contributed by atoms with E-state index in [0.717, 1.165) is 25.7 Å². The number of aromatic nitrogens is 3. The predicted molar refractivity (Wildman–Crippen MR) is 96.1 cm³/mol. The highest BCUT2D eigenvalue weighted by Gasteiger charge is 2.29. The Labute approximate surface area is 154 Å². The summed E-state index contributed by atoms with van der Waals surface area (Å²) >= 11 is 0. The molecule has 0 bridgehead atoms. The zero-order valence-electron chi connectivity index (χ0n) is 14.4. The second-order valence-corrected chi connectivity index (χ2v) is 6.71. The van der Waals surface area contributed by atoms with Crippen LogP contribution < -0.4 is 21.7 Å². The average Bonchev–Trinajstić information content (AvgIpc) is 3.51. The molecule has 2 aliphatic carbocycles. The Hall–Kier alpha value is -3.04. The molecule has 0 aromatic carbocycles.